The van der Waals surface area contributed by atoms with Crippen molar-refractivity contribution in [3.63, 3.8) is 0 Å². The Kier molecular flexibility index (Phi) is 4.13. The Balaban J connectivity index is 1.89. The van der Waals surface area contributed by atoms with Gasteiger partial charge in [-0.1, -0.05) is 31.0 Å². The number of carbonyl (C=O) groups is 1. The number of aromatic nitrogens is 2. The Hall–Kier alpha value is -2.30. The van der Waals surface area contributed by atoms with Gasteiger partial charge in [-0.3, -0.25) is 4.79 Å². The summed E-state index contributed by atoms with van der Waals surface area (Å²) < 4.78 is 7.04. The van der Waals surface area contributed by atoms with Crippen molar-refractivity contribution in [2.24, 2.45) is 0 Å². The van der Waals surface area contributed by atoms with Crippen LogP contribution in [0.1, 0.15) is 36.2 Å². The number of nitrogens with zero attached hydrogens (tertiary/aromatic N) is 3. The molecular weight excluding hydrogens is 278 g/mol. The van der Waals surface area contributed by atoms with Crippen LogP contribution in [0.2, 0.25) is 0 Å². The maximum absolute atomic E-state index is 12.7. The SMILES string of the molecule is COc1cn(-c2ccccc2)nc1C(=O)N(C)C1CCCC1. The minimum Gasteiger partial charge on any atom is -0.493 e. The lowest BCUT2D eigenvalue weighted by Crippen LogP contribution is -2.35. The Morgan fingerprint density at radius 2 is 1.95 bits per heavy atom. The number of para-hydroxylation sites is 1. The summed E-state index contributed by atoms with van der Waals surface area (Å²) >= 11 is 0. The van der Waals surface area contributed by atoms with Gasteiger partial charge in [0.25, 0.3) is 5.91 Å². The highest BCUT2D eigenvalue weighted by atomic mass is 16.5. The Labute approximate surface area is 130 Å². The first kappa shape index (κ1) is 14.6. The van der Waals surface area contributed by atoms with Gasteiger partial charge in [0.05, 0.1) is 19.0 Å². The molecule has 5 heteroatoms. The van der Waals surface area contributed by atoms with Crippen LogP contribution >= 0.6 is 0 Å². The van der Waals surface area contributed by atoms with Gasteiger partial charge in [-0.15, -0.1) is 0 Å². The third-order valence-electron chi connectivity index (χ3n) is 4.32. The summed E-state index contributed by atoms with van der Waals surface area (Å²) in [5.41, 5.74) is 1.28. The van der Waals surface area contributed by atoms with E-state index in [9.17, 15) is 4.79 Å². The number of amides is 1. The average molecular weight is 299 g/mol. The van der Waals surface area contributed by atoms with Gasteiger partial charge in [0.2, 0.25) is 0 Å². The molecule has 1 aliphatic rings. The monoisotopic (exact) mass is 299 g/mol. The van der Waals surface area contributed by atoms with Crippen molar-refractivity contribution in [3.05, 3.63) is 42.2 Å². The molecule has 0 saturated heterocycles. The number of methoxy groups -OCH3 is 1. The fourth-order valence-electron chi connectivity index (χ4n) is 2.99. The molecule has 0 aliphatic heterocycles. The molecule has 1 amide bonds. The molecule has 1 heterocycles. The van der Waals surface area contributed by atoms with E-state index in [0.717, 1.165) is 18.5 Å². The zero-order valence-corrected chi connectivity index (χ0v) is 13.0. The largest absolute Gasteiger partial charge is 0.493 e. The van der Waals surface area contributed by atoms with E-state index in [-0.39, 0.29) is 5.91 Å². The van der Waals surface area contributed by atoms with E-state index in [1.807, 2.05) is 42.3 Å². The van der Waals surface area contributed by atoms with Gasteiger partial charge < -0.3 is 9.64 Å². The molecule has 0 atom stereocenters. The van der Waals surface area contributed by atoms with Crippen molar-refractivity contribution < 1.29 is 9.53 Å². The zero-order valence-electron chi connectivity index (χ0n) is 13.0. The second-order valence-corrected chi connectivity index (χ2v) is 5.68. The fourth-order valence-corrected chi connectivity index (χ4v) is 2.99. The van der Waals surface area contributed by atoms with Crippen LogP contribution in [0.25, 0.3) is 5.69 Å². The number of hydrogen-bond donors (Lipinski definition) is 0. The molecule has 22 heavy (non-hydrogen) atoms. The van der Waals surface area contributed by atoms with Crippen LogP contribution in [-0.4, -0.2) is 40.8 Å². The summed E-state index contributed by atoms with van der Waals surface area (Å²) in [5.74, 6) is 0.442. The molecule has 0 unspecified atom stereocenters. The molecular formula is C17H21N3O2. The van der Waals surface area contributed by atoms with Crippen molar-refractivity contribution in [2.45, 2.75) is 31.7 Å². The molecule has 1 aromatic carbocycles. The van der Waals surface area contributed by atoms with E-state index < -0.39 is 0 Å². The van der Waals surface area contributed by atoms with Crippen LogP contribution in [0.15, 0.2) is 36.5 Å². The van der Waals surface area contributed by atoms with Crippen LogP contribution < -0.4 is 4.74 Å². The Bertz CT molecular complexity index is 645. The first-order valence-electron chi connectivity index (χ1n) is 7.67. The van der Waals surface area contributed by atoms with E-state index in [1.54, 1.807) is 18.0 Å². The lowest BCUT2D eigenvalue weighted by molar-refractivity contribution is 0.0725. The van der Waals surface area contributed by atoms with Crippen molar-refractivity contribution in [1.29, 1.82) is 0 Å². The first-order chi connectivity index (χ1) is 10.7. The summed E-state index contributed by atoms with van der Waals surface area (Å²) in [6, 6.07) is 10.0. The minimum atomic E-state index is -0.0709. The van der Waals surface area contributed by atoms with Gasteiger partial charge in [-0.25, -0.2) is 4.68 Å². The molecule has 5 nitrogen and oxygen atoms in total. The summed E-state index contributed by atoms with van der Waals surface area (Å²) in [4.78, 5) is 14.5. The second-order valence-electron chi connectivity index (χ2n) is 5.68. The second kappa shape index (κ2) is 6.22. The van der Waals surface area contributed by atoms with E-state index in [4.69, 9.17) is 4.74 Å². The zero-order chi connectivity index (χ0) is 15.5. The highest BCUT2D eigenvalue weighted by molar-refractivity contribution is 5.95. The number of hydrogen-bond acceptors (Lipinski definition) is 3. The fraction of sp³-hybridized carbons (Fsp3) is 0.412. The molecule has 2 aromatic rings. The highest BCUT2D eigenvalue weighted by Gasteiger charge is 2.28. The highest BCUT2D eigenvalue weighted by Crippen LogP contribution is 2.26. The summed E-state index contributed by atoms with van der Waals surface area (Å²) in [7, 11) is 3.43. The Morgan fingerprint density at radius 3 is 2.59 bits per heavy atom. The normalized spacial score (nSPS) is 15.0. The third kappa shape index (κ3) is 2.71. The van der Waals surface area contributed by atoms with Crippen LogP contribution in [0, 0.1) is 0 Å². The molecule has 1 fully saturated rings. The van der Waals surface area contributed by atoms with Gasteiger partial charge >= 0.3 is 0 Å². The molecule has 0 radical (unpaired) electrons. The number of carbonyl (C=O) groups excluding carboxylic acids is 1. The maximum Gasteiger partial charge on any atom is 0.278 e. The van der Waals surface area contributed by atoms with Gasteiger partial charge in [-0.2, -0.15) is 5.10 Å². The number of benzene rings is 1. The lowest BCUT2D eigenvalue weighted by atomic mass is 10.2. The lowest BCUT2D eigenvalue weighted by Gasteiger charge is -2.23. The van der Waals surface area contributed by atoms with E-state index in [0.29, 0.717) is 17.5 Å². The summed E-state index contributed by atoms with van der Waals surface area (Å²) in [6.07, 6.45) is 6.29. The summed E-state index contributed by atoms with van der Waals surface area (Å²) in [6.45, 7) is 0. The molecule has 116 valence electrons. The predicted octanol–water partition coefficient (Wildman–Crippen LogP) is 2.90. The van der Waals surface area contributed by atoms with Crippen molar-refractivity contribution in [3.8, 4) is 11.4 Å². The molecule has 1 saturated carbocycles. The summed E-state index contributed by atoms with van der Waals surface area (Å²) in [5, 5.41) is 4.44. The van der Waals surface area contributed by atoms with Crippen LogP contribution in [0.5, 0.6) is 5.75 Å². The first-order valence-corrected chi connectivity index (χ1v) is 7.67. The quantitative estimate of drug-likeness (QED) is 0.872. The molecule has 0 N–H and O–H groups in total. The average Bonchev–Trinajstić information content (AvgIpc) is 3.23. The van der Waals surface area contributed by atoms with Gasteiger partial charge in [0.15, 0.2) is 11.4 Å². The molecule has 0 bridgehead atoms. The van der Waals surface area contributed by atoms with Crippen molar-refractivity contribution in [1.82, 2.24) is 14.7 Å². The van der Waals surface area contributed by atoms with E-state index in [1.165, 1.54) is 12.8 Å². The van der Waals surface area contributed by atoms with Crippen LogP contribution in [0.4, 0.5) is 0 Å². The topological polar surface area (TPSA) is 47.4 Å². The van der Waals surface area contributed by atoms with E-state index >= 15 is 0 Å². The van der Waals surface area contributed by atoms with E-state index in [2.05, 4.69) is 5.10 Å². The maximum atomic E-state index is 12.7. The number of rotatable bonds is 4. The standard InChI is InChI=1S/C17H21N3O2/c1-19(13-8-6-7-9-13)17(21)16-15(22-2)12-20(18-16)14-10-4-3-5-11-14/h3-5,10-13H,6-9H2,1-2H3. The third-order valence-corrected chi connectivity index (χ3v) is 4.32. The van der Waals surface area contributed by atoms with Gasteiger partial charge in [0, 0.05) is 13.1 Å². The Morgan fingerprint density at radius 1 is 1.27 bits per heavy atom. The number of ether oxygens (including phenoxy) is 1. The smallest absolute Gasteiger partial charge is 0.278 e. The molecule has 3 rings (SSSR count). The van der Waals surface area contributed by atoms with Crippen molar-refractivity contribution >= 4 is 5.91 Å². The molecule has 1 aliphatic carbocycles. The van der Waals surface area contributed by atoms with Gasteiger partial charge in [0.1, 0.15) is 0 Å². The minimum absolute atomic E-state index is 0.0709. The van der Waals surface area contributed by atoms with Gasteiger partial charge in [-0.05, 0) is 25.0 Å². The predicted molar refractivity (Wildman–Crippen MR) is 84.5 cm³/mol. The molecule has 0 spiro atoms. The molecule has 1 aromatic heterocycles. The van der Waals surface area contributed by atoms with Crippen molar-refractivity contribution in [2.75, 3.05) is 14.2 Å². The van der Waals surface area contributed by atoms with Crippen LogP contribution in [-0.2, 0) is 0 Å². The van der Waals surface area contributed by atoms with Crippen LogP contribution in [0.3, 0.4) is 0 Å².